The molecule has 1 aliphatic rings. The molecule has 2 rings (SSSR count). The first-order chi connectivity index (χ1) is 9.60. The van der Waals surface area contributed by atoms with Crippen LogP contribution in [0.5, 0.6) is 0 Å². The molecule has 1 N–H and O–H groups in total. The number of nitrogens with zero attached hydrogens (tertiary/aromatic N) is 2. The fraction of sp³-hybridized carbons (Fsp3) is 0.357. The summed E-state index contributed by atoms with van der Waals surface area (Å²) in [7, 11) is 2.99. The summed E-state index contributed by atoms with van der Waals surface area (Å²) in [6.45, 7) is 0.427. The van der Waals surface area contributed by atoms with Crippen LogP contribution in [0.2, 0.25) is 0 Å². The Kier molecular flexibility index (Phi) is 3.89. The van der Waals surface area contributed by atoms with E-state index in [0.717, 1.165) is 0 Å². The van der Waals surface area contributed by atoms with Crippen molar-refractivity contribution in [2.45, 2.75) is 6.42 Å². The van der Waals surface area contributed by atoms with E-state index >= 15 is 0 Å². The molecule has 1 aromatic rings. The Morgan fingerprint density at radius 1 is 1.65 bits per heavy atom. The Balaban J connectivity index is 2.41. The molecular weight excluding hydrogens is 258 g/mol. The fourth-order valence-corrected chi connectivity index (χ4v) is 2.13. The van der Waals surface area contributed by atoms with Gasteiger partial charge in [0.2, 0.25) is 5.91 Å². The second kappa shape index (κ2) is 5.61. The number of anilines is 2. The molecule has 6 heteroatoms. The molecule has 0 bridgehead atoms. The molecule has 6 nitrogen and oxygen atoms in total. The van der Waals surface area contributed by atoms with E-state index in [9.17, 15) is 9.59 Å². The Bertz CT molecular complexity index is 592. The lowest BCUT2D eigenvalue weighted by Crippen LogP contribution is -2.26. The zero-order valence-corrected chi connectivity index (χ0v) is 11.3. The van der Waals surface area contributed by atoms with Gasteiger partial charge in [0.15, 0.2) is 0 Å². The highest BCUT2D eigenvalue weighted by Crippen LogP contribution is 2.30. The summed E-state index contributed by atoms with van der Waals surface area (Å²) in [5, 5.41) is 2.90. The molecule has 1 saturated heterocycles. The zero-order valence-electron chi connectivity index (χ0n) is 11.3. The van der Waals surface area contributed by atoms with Gasteiger partial charge in [-0.15, -0.1) is 12.3 Å². The maximum atomic E-state index is 12.0. The lowest BCUT2D eigenvalue weighted by molar-refractivity contribution is -0.117. The van der Waals surface area contributed by atoms with E-state index in [-0.39, 0.29) is 11.8 Å². The number of carbonyl (C=O) groups is 2. The number of terminal acetylenes is 1. The van der Waals surface area contributed by atoms with Crippen LogP contribution in [0.15, 0.2) is 12.3 Å². The lowest BCUT2D eigenvalue weighted by atomic mass is 10.1. The molecule has 20 heavy (non-hydrogen) atoms. The first-order valence-corrected chi connectivity index (χ1v) is 6.13. The minimum absolute atomic E-state index is 0.0757. The number of amides is 1. The molecule has 0 radical (unpaired) electrons. The van der Waals surface area contributed by atoms with Crippen LogP contribution in [-0.2, 0) is 9.53 Å². The number of hydrogen-bond donors (Lipinski definition) is 1. The average molecular weight is 273 g/mol. The van der Waals surface area contributed by atoms with Crippen LogP contribution in [0.3, 0.4) is 0 Å². The summed E-state index contributed by atoms with van der Waals surface area (Å²) < 4.78 is 4.66. The van der Waals surface area contributed by atoms with Crippen molar-refractivity contribution in [2.75, 3.05) is 30.9 Å². The van der Waals surface area contributed by atoms with Gasteiger partial charge in [-0.05, 0) is 6.07 Å². The maximum absolute atomic E-state index is 12.0. The van der Waals surface area contributed by atoms with Gasteiger partial charge in [-0.3, -0.25) is 4.79 Å². The zero-order chi connectivity index (χ0) is 14.7. The first kappa shape index (κ1) is 13.9. The highest BCUT2D eigenvalue weighted by Gasteiger charge is 2.31. The summed E-state index contributed by atoms with van der Waals surface area (Å²) in [6, 6.07) is 1.58. The predicted molar refractivity (Wildman–Crippen MR) is 74.4 cm³/mol. The molecule has 2 heterocycles. The predicted octanol–water partition coefficient (Wildman–Crippen LogP) is 0.896. The van der Waals surface area contributed by atoms with Crippen LogP contribution in [0.25, 0.3) is 0 Å². The molecule has 1 fully saturated rings. The molecule has 0 aromatic carbocycles. The number of methoxy groups -OCH3 is 1. The molecule has 104 valence electrons. The third kappa shape index (κ3) is 2.43. The van der Waals surface area contributed by atoms with Gasteiger partial charge in [-0.25, -0.2) is 9.78 Å². The standard InChI is InChI=1S/C14H15N3O3/c1-4-9-5-12(18)17(8-9)11-6-10(14(19)20-3)7-16-13(11)15-2/h1,6-7,9H,5,8H2,2-3H3,(H,15,16). The molecule has 1 aliphatic heterocycles. The van der Waals surface area contributed by atoms with Crippen LogP contribution in [0.1, 0.15) is 16.8 Å². The molecule has 0 spiro atoms. The van der Waals surface area contributed by atoms with Crippen molar-refractivity contribution < 1.29 is 14.3 Å². The minimum atomic E-state index is -0.499. The topological polar surface area (TPSA) is 71.5 Å². The van der Waals surface area contributed by atoms with Crippen LogP contribution in [0.4, 0.5) is 11.5 Å². The largest absolute Gasteiger partial charge is 0.465 e. The summed E-state index contributed by atoms with van der Waals surface area (Å²) in [5.41, 5.74) is 0.830. The van der Waals surface area contributed by atoms with Gasteiger partial charge in [0.25, 0.3) is 0 Å². The normalized spacial score (nSPS) is 17.8. The van der Waals surface area contributed by atoms with Gasteiger partial charge in [0, 0.05) is 32.1 Å². The van der Waals surface area contributed by atoms with Gasteiger partial charge < -0.3 is 15.0 Å². The average Bonchev–Trinajstić information content (AvgIpc) is 2.86. The Labute approximate surface area is 117 Å². The number of aromatic nitrogens is 1. The number of nitrogens with one attached hydrogen (secondary N) is 1. The maximum Gasteiger partial charge on any atom is 0.339 e. The van der Waals surface area contributed by atoms with Crippen LogP contribution in [-0.4, -0.2) is 37.6 Å². The number of rotatable bonds is 3. The van der Waals surface area contributed by atoms with Crippen molar-refractivity contribution in [1.29, 1.82) is 0 Å². The molecule has 1 amide bonds. The van der Waals surface area contributed by atoms with Gasteiger partial charge in [-0.1, -0.05) is 0 Å². The molecule has 0 aliphatic carbocycles. The highest BCUT2D eigenvalue weighted by atomic mass is 16.5. The quantitative estimate of drug-likeness (QED) is 0.654. The third-order valence-corrected chi connectivity index (χ3v) is 3.18. The second-order valence-corrected chi connectivity index (χ2v) is 4.41. The van der Waals surface area contributed by atoms with Crippen molar-refractivity contribution in [2.24, 2.45) is 5.92 Å². The minimum Gasteiger partial charge on any atom is -0.465 e. The van der Waals surface area contributed by atoms with Crippen molar-refractivity contribution in [3.8, 4) is 12.3 Å². The van der Waals surface area contributed by atoms with E-state index in [1.165, 1.54) is 13.3 Å². The third-order valence-electron chi connectivity index (χ3n) is 3.18. The molecule has 0 saturated carbocycles. The van der Waals surface area contributed by atoms with E-state index in [1.54, 1.807) is 18.0 Å². The number of ether oxygens (including phenoxy) is 1. The van der Waals surface area contributed by atoms with Gasteiger partial charge in [0.05, 0.1) is 18.4 Å². The van der Waals surface area contributed by atoms with Crippen LogP contribution < -0.4 is 10.2 Å². The first-order valence-electron chi connectivity index (χ1n) is 6.13. The van der Waals surface area contributed by atoms with Crippen molar-refractivity contribution in [3.63, 3.8) is 0 Å². The van der Waals surface area contributed by atoms with E-state index in [2.05, 4.69) is 21.0 Å². The van der Waals surface area contributed by atoms with E-state index in [1.807, 2.05) is 0 Å². The highest BCUT2D eigenvalue weighted by molar-refractivity contribution is 6.00. The fourth-order valence-electron chi connectivity index (χ4n) is 2.13. The van der Waals surface area contributed by atoms with E-state index in [4.69, 9.17) is 6.42 Å². The lowest BCUT2D eigenvalue weighted by Gasteiger charge is -2.19. The molecule has 1 unspecified atom stereocenters. The Hall–Kier alpha value is -2.55. The molecule has 1 atom stereocenters. The SMILES string of the molecule is C#CC1CC(=O)N(c2cc(C(=O)OC)cnc2NC)C1. The van der Waals surface area contributed by atoms with Crippen molar-refractivity contribution >= 4 is 23.4 Å². The Morgan fingerprint density at radius 3 is 2.95 bits per heavy atom. The van der Waals surface area contributed by atoms with Crippen molar-refractivity contribution in [1.82, 2.24) is 4.98 Å². The summed E-state index contributed by atoms with van der Waals surface area (Å²) in [5.74, 6) is 2.41. The van der Waals surface area contributed by atoms with Crippen LogP contribution >= 0.6 is 0 Å². The van der Waals surface area contributed by atoms with Gasteiger partial charge in [-0.2, -0.15) is 0 Å². The number of esters is 1. The smallest absolute Gasteiger partial charge is 0.339 e. The summed E-state index contributed by atoms with van der Waals surface area (Å²) in [6.07, 6.45) is 7.08. The Morgan fingerprint density at radius 2 is 2.40 bits per heavy atom. The van der Waals surface area contributed by atoms with E-state index < -0.39 is 5.97 Å². The summed E-state index contributed by atoms with van der Waals surface area (Å²) >= 11 is 0. The molecular formula is C14H15N3O3. The number of pyridine rings is 1. The van der Waals surface area contributed by atoms with Crippen molar-refractivity contribution in [3.05, 3.63) is 17.8 Å². The number of carbonyl (C=O) groups excluding carboxylic acids is 2. The number of hydrogen-bond acceptors (Lipinski definition) is 5. The monoisotopic (exact) mass is 273 g/mol. The second-order valence-electron chi connectivity index (χ2n) is 4.41. The van der Waals surface area contributed by atoms with Gasteiger partial charge in [0.1, 0.15) is 5.82 Å². The summed E-state index contributed by atoms with van der Waals surface area (Å²) in [4.78, 5) is 29.3. The van der Waals surface area contributed by atoms with Gasteiger partial charge >= 0.3 is 5.97 Å². The van der Waals surface area contributed by atoms with E-state index in [0.29, 0.717) is 30.0 Å². The molecule has 1 aromatic heterocycles. The van der Waals surface area contributed by atoms with Crippen LogP contribution in [0, 0.1) is 18.3 Å².